The van der Waals surface area contributed by atoms with Crippen LogP contribution in [0.1, 0.15) is 37.4 Å². The zero-order chi connectivity index (χ0) is 15.6. The van der Waals surface area contributed by atoms with Crippen molar-refractivity contribution in [2.24, 2.45) is 5.73 Å². The van der Waals surface area contributed by atoms with E-state index < -0.39 is 5.54 Å². The molecule has 1 heterocycles. The Morgan fingerprint density at radius 2 is 2.14 bits per heavy atom. The van der Waals surface area contributed by atoms with E-state index in [4.69, 9.17) is 26.6 Å². The summed E-state index contributed by atoms with van der Waals surface area (Å²) in [6.45, 7) is 0.444. The number of benzene rings is 1. The van der Waals surface area contributed by atoms with E-state index in [1.165, 1.54) is 0 Å². The van der Waals surface area contributed by atoms with Crippen LogP contribution in [0.4, 0.5) is 0 Å². The summed E-state index contributed by atoms with van der Waals surface area (Å²) in [6.07, 6.45) is 4.61. The van der Waals surface area contributed by atoms with Crippen molar-refractivity contribution in [2.75, 3.05) is 6.61 Å². The van der Waals surface area contributed by atoms with Gasteiger partial charge in [0.1, 0.15) is 5.75 Å². The van der Waals surface area contributed by atoms with Crippen molar-refractivity contribution in [3.63, 3.8) is 0 Å². The fraction of sp³-hybridized carbons (Fsp3) is 0.467. The number of ether oxygens (including phenoxy) is 1. The van der Waals surface area contributed by atoms with Gasteiger partial charge in [-0.15, -0.1) is 0 Å². The molecule has 118 valence electrons. The molecule has 1 aromatic carbocycles. The van der Waals surface area contributed by atoms with Crippen LogP contribution < -0.4 is 10.5 Å². The Kier molecular flexibility index (Phi) is 4.70. The molecule has 22 heavy (non-hydrogen) atoms. The molecule has 0 unspecified atom stereocenters. The lowest BCUT2D eigenvalue weighted by molar-refractivity contribution is 0.288. The molecule has 0 atom stereocenters. The van der Waals surface area contributed by atoms with E-state index in [1.54, 1.807) is 12.1 Å². The minimum atomic E-state index is -0.415. The van der Waals surface area contributed by atoms with Crippen LogP contribution in [0.5, 0.6) is 5.75 Å². The standard InChI is InChI=1S/C15H17BrClN3O2/c16-11-9-10(17)3-4-12(11)21-8-5-13-19-14(20-22-13)15(18)6-1-2-7-15/h3-4,9H,1-2,5-8,18H2. The molecular weight excluding hydrogens is 370 g/mol. The maximum Gasteiger partial charge on any atom is 0.230 e. The first-order valence-electron chi connectivity index (χ1n) is 7.27. The summed E-state index contributed by atoms with van der Waals surface area (Å²) in [7, 11) is 0. The Morgan fingerprint density at radius 3 is 2.86 bits per heavy atom. The van der Waals surface area contributed by atoms with Gasteiger partial charge in [-0.2, -0.15) is 4.98 Å². The Labute approximate surface area is 142 Å². The van der Waals surface area contributed by atoms with Crippen LogP contribution >= 0.6 is 27.5 Å². The first kappa shape index (κ1) is 15.8. The lowest BCUT2D eigenvalue weighted by Gasteiger charge is -2.17. The lowest BCUT2D eigenvalue weighted by atomic mass is 9.99. The Hall–Kier alpha value is -1.11. The van der Waals surface area contributed by atoms with Crippen LogP contribution in [0.2, 0.25) is 5.02 Å². The smallest absolute Gasteiger partial charge is 0.230 e. The molecule has 5 nitrogen and oxygen atoms in total. The second kappa shape index (κ2) is 6.56. The molecule has 1 aliphatic carbocycles. The topological polar surface area (TPSA) is 74.2 Å². The van der Waals surface area contributed by atoms with Crippen LogP contribution in [0, 0.1) is 0 Å². The Balaban J connectivity index is 1.57. The van der Waals surface area contributed by atoms with Crippen LogP contribution in [0.15, 0.2) is 27.2 Å². The van der Waals surface area contributed by atoms with Gasteiger partial charge in [-0.05, 0) is 47.0 Å². The van der Waals surface area contributed by atoms with Gasteiger partial charge in [0.2, 0.25) is 5.89 Å². The van der Waals surface area contributed by atoms with Crippen molar-refractivity contribution >= 4 is 27.5 Å². The fourth-order valence-electron chi connectivity index (χ4n) is 2.63. The summed E-state index contributed by atoms with van der Waals surface area (Å²) in [5.74, 6) is 1.90. The molecule has 2 N–H and O–H groups in total. The molecule has 0 amide bonds. The highest BCUT2D eigenvalue weighted by Crippen LogP contribution is 2.34. The maximum absolute atomic E-state index is 6.31. The Bertz CT molecular complexity index is 656. The Morgan fingerprint density at radius 1 is 1.36 bits per heavy atom. The summed E-state index contributed by atoms with van der Waals surface area (Å²) in [6, 6.07) is 5.39. The number of nitrogens with zero attached hydrogens (tertiary/aromatic N) is 2. The first-order valence-corrected chi connectivity index (χ1v) is 8.44. The predicted octanol–water partition coefficient (Wildman–Crippen LogP) is 3.84. The van der Waals surface area contributed by atoms with Gasteiger partial charge in [-0.25, -0.2) is 0 Å². The van der Waals surface area contributed by atoms with E-state index in [0.717, 1.165) is 35.9 Å². The minimum Gasteiger partial charge on any atom is -0.492 e. The third-order valence-corrected chi connectivity index (χ3v) is 4.73. The number of nitrogens with two attached hydrogens (primary N) is 1. The van der Waals surface area contributed by atoms with Crippen LogP contribution in [-0.4, -0.2) is 16.7 Å². The summed E-state index contributed by atoms with van der Waals surface area (Å²) < 4.78 is 11.8. The van der Waals surface area contributed by atoms with E-state index in [-0.39, 0.29) is 0 Å². The van der Waals surface area contributed by atoms with Gasteiger partial charge in [-0.1, -0.05) is 29.6 Å². The second-order valence-corrected chi connectivity index (χ2v) is 6.84. The second-order valence-electron chi connectivity index (χ2n) is 5.55. The molecule has 0 saturated heterocycles. The highest BCUT2D eigenvalue weighted by atomic mass is 79.9. The number of hydrogen-bond acceptors (Lipinski definition) is 5. The van der Waals surface area contributed by atoms with Gasteiger partial charge in [0.05, 0.1) is 23.0 Å². The summed E-state index contributed by atoms with van der Waals surface area (Å²) in [5.41, 5.74) is 5.90. The van der Waals surface area contributed by atoms with E-state index in [2.05, 4.69) is 26.1 Å². The molecule has 3 rings (SSSR count). The maximum atomic E-state index is 6.31. The van der Waals surface area contributed by atoms with E-state index in [9.17, 15) is 0 Å². The molecule has 1 aromatic heterocycles. The van der Waals surface area contributed by atoms with Crippen LogP contribution in [-0.2, 0) is 12.0 Å². The van der Waals surface area contributed by atoms with Crippen LogP contribution in [0.25, 0.3) is 0 Å². The van der Waals surface area contributed by atoms with Gasteiger partial charge in [0.15, 0.2) is 5.82 Å². The molecule has 0 aliphatic heterocycles. The summed E-state index contributed by atoms with van der Waals surface area (Å²) in [5, 5.41) is 4.69. The minimum absolute atomic E-state index is 0.415. The van der Waals surface area contributed by atoms with Crippen molar-refractivity contribution in [2.45, 2.75) is 37.6 Å². The summed E-state index contributed by atoms with van der Waals surface area (Å²) >= 11 is 9.31. The van der Waals surface area contributed by atoms with Crippen LogP contribution in [0.3, 0.4) is 0 Å². The highest BCUT2D eigenvalue weighted by molar-refractivity contribution is 9.10. The van der Waals surface area contributed by atoms with E-state index in [0.29, 0.717) is 29.8 Å². The van der Waals surface area contributed by atoms with Gasteiger partial charge in [0.25, 0.3) is 0 Å². The molecule has 0 spiro atoms. The van der Waals surface area contributed by atoms with Crippen molar-refractivity contribution < 1.29 is 9.26 Å². The number of aromatic nitrogens is 2. The fourth-order valence-corrected chi connectivity index (χ4v) is 3.43. The zero-order valence-corrected chi connectivity index (χ0v) is 14.4. The molecule has 1 fully saturated rings. The molecule has 1 saturated carbocycles. The number of hydrogen-bond donors (Lipinski definition) is 1. The van der Waals surface area contributed by atoms with Crippen molar-refractivity contribution in [3.8, 4) is 5.75 Å². The quantitative estimate of drug-likeness (QED) is 0.845. The van der Waals surface area contributed by atoms with Gasteiger partial charge in [0, 0.05) is 5.02 Å². The van der Waals surface area contributed by atoms with Gasteiger partial charge < -0.3 is 15.0 Å². The lowest BCUT2D eigenvalue weighted by Crippen LogP contribution is -2.34. The van der Waals surface area contributed by atoms with Crippen molar-refractivity contribution in [1.29, 1.82) is 0 Å². The largest absolute Gasteiger partial charge is 0.492 e. The summed E-state index contributed by atoms with van der Waals surface area (Å²) in [4.78, 5) is 4.42. The molecular formula is C15H17BrClN3O2. The van der Waals surface area contributed by atoms with Gasteiger partial charge in [-0.3, -0.25) is 0 Å². The number of halogens is 2. The van der Waals surface area contributed by atoms with Crippen molar-refractivity contribution in [3.05, 3.63) is 39.4 Å². The molecule has 7 heteroatoms. The van der Waals surface area contributed by atoms with E-state index in [1.807, 2.05) is 6.07 Å². The molecule has 1 aliphatic rings. The third-order valence-electron chi connectivity index (χ3n) is 3.88. The first-order chi connectivity index (χ1) is 10.6. The third kappa shape index (κ3) is 3.45. The SMILES string of the molecule is NC1(c2noc(CCOc3ccc(Cl)cc3Br)n2)CCCC1. The number of rotatable bonds is 5. The normalized spacial score (nSPS) is 16.9. The van der Waals surface area contributed by atoms with E-state index >= 15 is 0 Å². The average Bonchev–Trinajstić information content (AvgIpc) is 3.11. The molecule has 0 radical (unpaired) electrons. The zero-order valence-electron chi connectivity index (χ0n) is 12.0. The average molecular weight is 387 g/mol. The highest BCUT2D eigenvalue weighted by Gasteiger charge is 2.35. The predicted molar refractivity (Wildman–Crippen MR) is 87.0 cm³/mol. The molecule has 0 bridgehead atoms. The van der Waals surface area contributed by atoms with Crippen molar-refractivity contribution in [1.82, 2.24) is 10.1 Å². The van der Waals surface area contributed by atoms with Gasteiger partial charge >= 0.3 is 0 Å². The monoisotopic (exact) mass is 385 g/mol. The molecule has 2 aromatic rings.